The number of nitrogens with zero attached hydrogens (tertiary/aromatic N) is 4. The minimum Gasteiger partial charge on any atom is -0.332 e. The topological polar surface area (TPSA) is 68.1 Å². The highest BCUT2D eigenvalue weighted by atomic mass is 32.1. The van der Waals surface area contributed by atoms with Gasteiger partial charge in [0.2, 0.25) is 0 Å². The number of carbonyl (C=O) groups is 1. The van der Waals surface area contributed by atoms with Crippen LogP contribution >= 0.6 is 11.3 Å². The van der Waals surface area contributed by atoms with Crippen molar-refractivity contribution in [1.29, 1.82) is 0 Å². The second-order valence-electron chi connectivity index (χ2n) is 5.90. The van der Waals surface area contributed by atoms with Crippen LogP contribution in [-0.4, -0.2) is 31.9 Å². The van der Waals surface area contributed by atoms with E-state index in [1.807, 2.05) is 0 Å². The molecule has 7 heteroatoms. The zero-order chi connectivity index (χ0) is 15.3. The van der Waals surface area contributed by atoms with Gasteiger partial charge in [0.05, 0.1) is 29.8 Å². The summed E-state index contributed by atoms with van der Waals surface area (Å²) in [5.74, 6) is 0.491. The van der Waals surface area contributed by atoms with E-state index in [9.17, 15) is 9.59 Å². The van der Waals surface area contributed by atoms with E-state index >= 15 is 0 Å². The minimum atomic E-state index is -0.00596. The molecule has 6 nitrogen and oxygen atoms in total. The Morgan fingerprint density at radius 3 is 2.95 bits per heavy atom. The largest absolute Gasteiger partial charge is 0.332 e. The van der Waals surface area contributed by atoms with Crippen LogP contribution < -0.4 is 5.56 Å². The summed E-state index contributed by atoms with van der Waals surface area (Å²) in [5.41, 5.74) is 4.17. The van der Waals surface area contributed by atoms with Gasteiger partial charge in [0.15, 0.2) is 0 Å². The van der Waals surface area contributed by atoms with E-state index in [1.54, 1.807) is 17.5 Å². The van der Waals surface area contributed by atoms with Crippen LogP contribution in [0.15, 0.2) is 16.6 Å². The second kappa shape index (κ2) is 5.01. The van der Waals surface area contributed by atoms with Crippen molar-refractivity contribution >= 4 is 17.2 Å². The lowest BCUT2D eigenvalue weighted by Crippen LogP contribution is -2.40. The Bertz CT molecular complexity index is 806. The van der Waals surface area contributed by atoms with Gasteiger partial charge in [-0.2, -0.15) is 0 Å². The molecule has 114 valence electrons. The van der Waals surface area contributed by atoms with Gasteiger partial charge in [-0.1, -0.05) is 0 Å². The second-order valence-corrected chi connectivity index (χ2v) is 6.76. The third kappa shape index (κ3) is 2.16. The van der Waals surface area contributed by atoms with E-state index in [-0.39, 0.29) is 11.5 Å². The minimum absolute atomic E-state index is 0.00596. The molecule has 1 amide bonds. The lowest BCUT2D eigenvalue weighted by molar-refractivity contribution is 0.0734. The van der Waals surface area contributed by atoms with Crippen molar-refractivity contribution in [3.05, 3.63) is 44.0 Å². The molecule has 2 aliphatic rings. The molecule has 1 saturated carbocycles. The third-order valence-corrected chi connectivity index (χ3v) is 5.16. The van der Waals surface area contributed by atoms with E-state index in [1.165, 1.54) is 22.2 Å². The normalized spacial score (nSPS) is 17.4. The molecule has 1 fully saturated rings. The quantitative estimate of drug-likeness (QED) is 0.838. The van der Waals surface area contributed by atoms with E-state index in [0.717, 1.165) is 34.7 Å². The molecule has 0 unspecified atom stereocenters. The summed E-state index contributed by atoms with van der Waals surface area (Å²) >= 11 is 1.42. The average molecular weight is 316 g/mol. The van der Waals surface area contributed by atoms with Gasteiger partial charge >= 0.3 is 0 Å². The number of rotatable bonds is 2. The van der Waals surface area contributed by atoms with Gasteiger partial charge in [-0.25, -0.2) is 9.97 Å². The van der Waals surface area contributed by atoms with Crippen LogP contribution in [0.4, 0.5) is 0 Å². The summed E-state index contributed by atoms with van der Waals surface area (Å²) in [6, 6.07) is 0. The van der Waals surface area contributed by atoms with Crippen molar-refractivity contribution in [2.75, 3.05) is 6.54 Å². The van der Waals surface area contributed by atoms with Gasteiger partial charge in [0.1, 0.15) is 4.88 Å². The monoisotopic (exact) mass is 316 g/mol. The van der Waals surface area contributed by atoms with Gasteiger partial charge in [-0.05, 0) is 19.3 Å². The first-order chi connectivity index (χ1) is 10.6. The summed E-state index contributed by atoms with van der Waals surface area (Å²) in [5, 5.41) is 0. The maximum Gasteiger partial charge on any atom is 0.266 e. The molecule has 22 heavy (non-hydrogen) atoms. The first-order valence-electron chi connectivity index (χ1n) is 7.41. The fourth-order valence-electron chi connectivity index (χ4n) is 2.90. The van der Waals surface area contributed by atoms with Crippen LogP contribution in [0.5, 0.6) is 0 Å². The lowest BCUT2D eigenvalue weighted by atomic mass is 10.1. The molecule has 3 heterocycles. The number of fused-ring (bicyclic) bond motifs is 1. The Balaban J connectivity index is 1.62. The van der Waals surface area contributed by atoms with Crippen LogP contribution in [0, 0.1) is 0 Å². The Labute approximate surface area is 131 Å². The van der Waals surface area contributed by atoms with Crippen LogP contribution in [0.1, 0.15) is 45.4 Å². The Morgan fingerprint density at radius 2 is 2.18 bits per heavy atom. The zero-order valence-corrected chi connectivity index (χ0v) is 13.1. The van der Waals surface area contributed by atoms with Crippen molar-refractivity contribution in [2.45, 2.75) is 31.7 Å². The molecule has 2 aromatic rings. The number of aryl methyl sites for hydroxylation is 1. The Morgan fingerprint density at radius 1 is 1.36 bits per heavy atom. The van der Waals surface area contributed by atoms with Gasteiger partial charge in [-0.15, -0.1) is 11.3 Å². The molecule has 0 atom stereocenters. The first kappa shape index (κ1) is 13.6. The SMILES string of the molecule is Cn1cnc2c(c1=O)CCN(C(=O)c1scnc1C1CC1)C2. The lowest BCUT2D eigenvalue weighted by Gasteiger charge is -2.27. The number of hydrogen-bond acceptors (Lipinski definition) is 5. The van der Waals surface area contributed by atoms with Crippen LogP contribution in [0.2, 0.25) is 0 Å². The predicted octanol–water partition coefficient (Wildman–Crippen LogP) is 1.31. The van der Waals surface area contributed by atoms with Crippen molar-refractivity contribution in [3.8, 4) is 0 Å². The van der Waals surface area contributed by atoms with E-state index in [4.69, 9.17) is 0 Å². The molecule has 0 aromatic carbocycles. The zero-order valence-electron chi connectivity index (χ0n) is 12.3. The molecule has 1 aliphatic heterocycles. The average Bonchev–Trinajstić information content (AvgIpc) is 3.27. The van der Waals surface area contributed by atoms with Gasteiger partial charge < -0.3 is 9.47 Å². The fourth-order valence-corrected chi connectivity index (χ4v) is 3.74. The van der Waals surface area contributed by atoms with Crippen molar-refractivity contribution in [2.24, 2.45) is 7.05 Å². The summed E-state index contributed by atoms with van der Waals surface area (Å²) < 4.78 is 1.49. The van der Waals surface area contributed by atoms with Crippen molar-refractivity contribution < 1.29 is 4.79 Å². The fraction of sp³-hybridized carbons (Fsp3) is 0.467. The molecule has 0 radical (unpaired) electrons. The van der Waals surface area contributed by atoms with Crippen LogP contribution in [0.25, 0.3) is 0 Å². The van der Waals surface area contributed by atoms with Crippen LogP contribution in [0.3, 0.4) is 0 Å². The van der Waals surface area contributed by atoms with Gasteiger partial charge in [0.25, 0.3) is 11.5 Å². The number of hydrogen-bond donors (Lipinski definition) is 0. The maximum atomic E-state index is 12.8. The molecule has 0 N–H and O–H groups in total. The summed E-state index contributed by atoms with van der Waals surface area (Å²) in [6.07, 6.45) is 4.35. The molecular weight excluding hydrogens is 300 g/mol. The molecule has 1 aliphatic carbocycles. The van der Waals surface area contributed by atoms with Crippen LogP contribution in [-0.2, 0) is 20.0 Å². The smallest absolute Gasteiger partial charge is 0.266 e. The highest BCUT2D eigenvalue weighted by molar-refractivity contribution is 7.11. The van der Waals surface area contributed by atoms with Gasteiger partial charge in [-0.3, -0.25) is 9.59 Å². The first-order valence-corrected chi connectivity index (χ1v) is 8.29. The standard InChI is InChI=1S/C15H16N4O2S/c1-18-7-16-11-6-19(5-4-10(11)14(18)20)15(21)13-12(9-2-3-9)17-8-22-13/h7-9H,2-6H2,1H3. The predicted molar refractivity (Wildman–Crippen MR) is 82.0 cm³/mol. The van der Waals surface area contributed by atoms with Crippen molar-refractivity contribution in [3.63, 3.8) is 0 Å². The molecule has 0 saturated heterocycles. The van der Waals surface area contributed by atoms with E-state index in [0.29, 0.717) is 25.4 Å². The van der Waals surface area contributed by atoms with E-state index < -0.39 is 0 Å². The van der Waals surface area contributed by atoms with Crippen molar-refractivity contribution in [1.82, 2.24) is 19.4 Å². The highest BCUT2D eigenvalue weighted by Gasteiger charge is 2.33. The molecular formula is C15H16N4O2S. The molecule has 0 bridgehead atoms. The number of amides is 1. The molecule has 0 spiro atoms. The molecule has 2 aromatic heterocycles. The number of thiazole rings is 1. The number of carbonyl (C=O) groups excluding carboxylic acids is 1. The van der Waals surface area contributed by atoms with E-state index in [2.05, 4.69) is 9.97 Å². The summed E-state index contributed by atoms with van der Waals surface area (Å²) in [7, 11) is 1.70. The summed E-state index contributed by atoms with van der Waals surface area (Å²) in [4.78, 5) is 36.1. The highest BCUT2D eigenvalue weighted by Crippen LogP contribution is 2.42. The summed E-state index contributed by atoms with van der Waals surface area (Å²) in [6.45, 7) is 0.973. The third-order valence-electron chi connectivity index (χ3n) is 4.33. The Kier molecular flexibility index (Phi) is 3.11. The Hall–Kier alpha value is -2.02. The maximum absolute atomic E-state index is 12.8. The number of aromatic nitrogens is 3. The van der Waals surface area contributed by atoms with Gasteiger partial charge in [0, 0.05) is 25.1 Å². The molecule has 4 rings (SSSR count).